The summed E-state index contributed by atoms with van der Waals surface area (Å²) in [6, 6.07) is 7.79. The monoisotopic (exact) mass is 546 g/mol. The van der Waals surface area contributed by atoms with Crippen LogP contribution in [0.5, 0.6) is 5.75 Å². The van der Waals surface area contributed by atoms with E-state index in [-0.39, 0.29) is 42.5 Å². The van der Waals surface area contributed by atoms with Crippen LogP contribution in [0.1, 0.15) is 71.0 Å². The van der Waals surface area contributed by atoms with Crippen LogP contribution in [-0.2, 0) is 4.79 Å². The lowest BCUT2D eigenvalue weighted by Gasteiger charge is -2.22. The normalized spacial score (nSPS) is 15.7. The number of benzene rings is 1. The summed E-state index contributed by atoms with van der Waals surface area (Å²) >= 11 is 0. The van der Waals surface area contributed by atoms with Gasteiger partial charge >= 0.3 is 0 Å². The molecular weight excluding hydrogens is 507 g/mol. The fourth-order valence-electron chi connectivity index (χ4n) is 3.53. The van der Waals surface area contributed by atoms with Gasteiger partial charge in [0.1, 0.15) is 5.75 Å². The zero-order chi connectivity index (χ0) is 21.8. The summed E-state index contributed by atoms with van der Waals surface area (Å²) in [6.45, 7) is 7.34. The number of nitrogens with one attached hydrogen (secondary N) is 3. The first kappa shape index (κ1) is 27.5. The van der Waals surface area contributed by atoms with Gasteiger partial charge < -0.3 is 25.8 Å². The first-order valence-corrected chi connectivity index (χ1v) is 11.2. The van der Waals surface area contributed by atoms with Crippen LogP contribution in [0.2, 0.25) is 0 Å². The summed E-state index contributed by atoms with van der Waals surface area (Å²) in [5, 5.41) is 20.0. The number of hydrogen-bond donors (Lipinski definition) is 4. The molecule has 1 aromatic rings. The molecule has 1 aliphatic rings. The molecule has 0 aromatic heterocycles. The van der Waals surface area contributed by atoms with Gasteiger partial charge in [-0.15, -0.1) is 24.0 Å². The van der Waals surface area contributed by atoms with Crippen LogP contribution in [0, 0.1) is 0 Å². The quantitative estimate of drug-likeness (QED) is 0.205. The maximum Gasteiger partial charge on any atom is 0.221 e. The Morgan fingerprint density at radius 3 is 2.65 bits per heavy atom. The molecule has 2 rings (SSSR count). The highest BCUT2D eigenvalue weighted by Crippen LogP contribution is 2.20. The van der Waals surface area contributed by atoms with Crippen LogP contribution >= 0.6 is 24.0 Å². The number of carbonyl (C=O) groups excluding carboxylic acids is 1. The van der Waals surface area contributed by atoms with E-state index >= 15 is 0 Å². The first-order chi connectivity index (χ1) is 14.5. The number of ether oxygens (including phenoxy) is 1. The summed E-state index contributed by atoms with van der Waals surface area (Å²) in [5.74, 6) is 1.41. The van der Waals surface area contributed by atoms with Gasteiger partial charge in [0.15, 0.2) is 5.96 Å². The van der Waals surface area contributed by atoms with Crippen molar-refractivity contribution < 1.29 is 14.6 Å². The molecule has 1 atom stereocenters. The van der Waals surface area contributed by atoms with Gasteiger partial charge in [-0.2, -0.15) is 0 Å². The largest absolute Gasteiger partial charge is 0.491 e. The minimum atomic E-state index is -0.731. The van der Waals surface area contributed by atoms with Crippen molar-refractivity contribution in [3.05, 3.63) is 29.8 Å². The van der Waals surface area contributed by atoms with Crippen LogP contribution in [0.15, 0.2) is 29.3 Å². The average molecular weight is 546 g/mol. The van der Waals surface area contributed by atoms with Gasteiger partial charge in [-0.25, -0.2) is 0 Å². The molecule has 4 N–H and O–H groups in total. The standard InChI is InChI=1S/C23H38N4O3.HI/c1-4-24-23(25-14-13-22(29)27-19-10-6-5-7-11-19)26-16-21(28)18-9-8-12-20(15-18)30-17(2)3;/h8-9,12,15,17,19,21,28H,4-7,10-11,13-14,16H2,1-3H3,(H,27,29)(H2,24,25,26);1H. The van der Waals surface area contributed by atoms with Crippen molar-refractivity contribution in [1.29, 1.82) is 0 Å². The van der Waals surface area contributed by atoms with Gasteiger partial charge in [0, 0.05) is 25.6 Å². The fourth-order valence-corrected chi connectivity index (χ4v) is 3.53. The molecule has 0 aliphatic heterocycles. The van der Waals surface area contributed by atoms with Crippen LogP contribution in [0.3, 0.4) is 0 Å². The van der Waals surface area contributed by atoms with Crippen molar-refractivity contribution >= 4 is 35.8 Å². The van der Waals surface area contributed by atoms with E-state index in [1.54, 1.807) is 0 Å². The Hall–Kier alpha value is -1.55. The van der Waals surface area contributed by atoms with Crippen molar-refractivity contribution in [2.24, 2.45) is 4.99 Å². The number of halogens is 1. The third kappa shape index (κ3) is 11.0. The van der Waals surface area contributed by atoms with E-state index in [2.05, 4.69) is 20.9 Å². The predicted octanol–water partition coefficient (Wildman–Crippen LogP) is 3.52. The number of nitrogens with zero attached hydrogens (tertiary/aromatic N) is 1. The van der Waals surface area contributed by atoms with Gasteiger partial charge in [-0.05, 0) is 51.3 Å². The maximum absolute atomic E-state index is 12.1. The molecular formula is C23H39IN4O3. The second-order valence-electron chi connectivity index (χ2n) is 8.05. The van der Waals surface area contributed by atoms with Gasteiger partial charge in [-0.3, -0.25) is 9.79 Å². The van der Waals surface area contributed by atoms with Crippen LogP contribution in [-0.4, -0.2) is 48.8 Å². The molecule has 1 aliphatic carbocycles. The fraction of sp³-hybridized carbons (Fsp3) is 0.652. The zero-order valence-corrected chi connectivity index (χ0v) is 21.4. The molecule has 0 spiro atoms. The Bertz CT molecular complexity index is 679. The van der Waals surface area contributed by atoms with Crippen molar-refractivity contribution in [2.45, 2.75) is 77.5 Å². The Kier molecular flexibility index (Phi) is 13.6. The summed E-state index contributed by atoms with van der Waals surface area (Å²) in [6.07, 6.45) is 5.61. The lowest BCUT2D eigenvalue weighted by Crippen LogP contribution is -2.41. The number of guanidine groups is 1. The van der Waals surface area contributed by atoms with E-state index in [0.717, 1.165) is 24.2 Å². The molecule has 1 fully saturated rings. The number of aliphatic hydroxyl groups excluding tert-OH is 1. The SMILES string of the molecule is CCNC(=NCC(O)c1cccc(OC(C)C)c1)NCCC(=O)NC1CCCCC1.I. The molecule has 0 radical (unpaired) electrons. The Balaban J connectivity index is 0.00000480. The van der Waals surface area contributed by atoms with E-state index in [1.165, 1.54) is 19.3 Å². The molecule has 31 heavy (non-hydrogen) atoms. The van der Waals surface area contributed by atoms with E-state index in [4.69, 9.17) is 4.74 Å². The minimum absolute atomic E-state index is 0. The third-order valence-electron chi connectivity index (χ3n) is 5.00. The highest BCUT2D eigenvalue weighted by molar-refractivity contribution is 14.0. The zero-order valence-electron chi connectivity index (χ0n) is 19.0. The molecule has 0 heterocycles. The average Bonchev–Trinajstić information content (AvgIpc) is 2.72. The second-order valence-corrected chi connectivity index (χ2v) is 8.05. The number of amides is 1. The van der Waals surface area contributed by atoms with E-state index in [9.17, 15) is 9.90 Å². The highest BCUT2D eigenvalue weighted by atomic mass is 127. The molecule has 0 saturated heterocycles. The molecule has 1 unspecified atom stereocenters. The summed E-state index contributed by atoms with van der Waals surface area (Å²) < 4.78 is 5.69. The number of aliphatic imine (C=N–C) groups is 1. The van der Waals surface area contributed by atoms with Gasteiger partial charge in [0.05, 0.1) is 18.8 Å². The Labute approximate surface area is 203 Å². The number of aliphatic hydroxyl groups is 1. The van der Waals surface area contributed by atoms with E-state index in [0.29, 0.717) is 31.5 Å². The molecule has 7 nitrogen and oxygen atoms in total. The maximum atomic E-state index is 12.1. The molecule has 1 amide bonds. The van der Waals surface area contributed by atoms with Crippen LogP contribution in [0.4, 0.5) is 0 Å². The van der Waals surface area contributed by atoms with Crippen molar-refractivity contribution in [2.75, 3.05) is 19.6 Å². The third-order valence-corrected chi connectivity index (χ3v) is 5.00. The Morgan fingerprint density at radius 1 is 1.23 bits per heavy atom. The molecule has 0 bridgehead atoms. The summed E-state index contributed by atoms with van der Waals surface area (Å²) in [7, 11) is 0. The van der Waals surface area contributed by atoms with E-state index in [1.807, 2.05) is 45.0 Å². The number of rotatable bonds is 10. The van der Waals surface area contributed by atoms with Gasteiger partial charge in [0.2, 0.25) is 5.91 Å². The van der Waals surface area contributed by atoms with Gasteiger partial charge in [-0.1, -0.05) is 31.4 Å². The summed E-state index contributed by atoms with van der Waals surface area (Å²) in [5.41, 5.74) is 0.764. The molecule has 176 valence electrons. The predicted molar refractivity (Wildman–Crippen MR) is 136 cm³/mol. The molecule has 1 saturated carbocycles. The second kappa shape index (κ2) is 15.3. The van der Waals surface area contributed by atoms with Crippen LogP contribution in [0.25, 0.3) is 0 Å². The van der Waals surface area contributed by atoms with Gasteiger partial charge in [0.25, 0.3) is 0 Å². The van der Waals surface area contributed by atoms with Crippen molar-refractivity contribution in [3.63, 3.8) is 0 Å². The van der Waals surface area contributed by atoms with Crippen molar-refractivity contribution in [1.82, 2.24) is 16.0 Å². The smallest absolute Gasteiger partial charge is 0.221 e. The lowest BCUT2D eigenvalue weighted by atomic mass is 9.95. The topological polar surface area (TPSA) is 95.0 Å². The minimum Gasteiger partial charge on any atom is -0.491 e. The molecule has 1 aromatic carbocycles. The van der Waals surface area contributed by atoms with Crippen molar-refractivity contribution in [3.8, 4) is 5.75 Å². The number of carbonyl (C=O) groups is 1. The molecule has 8 heteroatoms. The first-order valence-electron chi connectivity index (χ1n) is 11.2. The Morgan fingerprint density at radius 2 is 1.97 bits per heavy atom. The number of hydrogen-bond acceptors (Lipinski definition) is 4. The summed E-state index contributed by atoms with van der Waals surface area (Å²) in [4.78, 5) is 16.6. The van der Waals surface area contributed by atoms with E-state index < -0.39 is 6.10 Å². The van der Waals surface area contributed by atoms with Crippen LogP contribution < -0.4 is 20.7 Å². The highest BCUT2D eigenvalue weighted by Gasteiger charge is 2.15. The lowest BCUT2D eigenvalue weighted by molar-refractivity contribution is -0.121.